The first kappa shape index (κ1) is 27.3. The lowest BCUT2D eigenvalue weighted by atomic mass is 10.1. The summed E-state index contributed by atoms with van der Waals surface area (Å²) in [7, 11) is 0. The number of nitrogens with one attached hydrogen (secondary N) is 2. The lowest BCUT2D eigenvalue weighted by molar-refractivity contribution is -0.111. The van der Waals surface area contributed by atoms with Gasteiger partial charge in [-0.05, 0) is 43.5 Å². The molecule has 0 spiro atoms. The Bertz CT molecular complexity index is 1330. The SMILES string of the molecule is O=C(C=CCN1CCOCC1)Nc1cc2c(Nc3ccc(F)c(Cl)c3)ncnc2cc1OCC1CCCCO1. The summed E-state index contributed by atoms with van der Waals surface area (Å²) >= 11 is 5.95. The Morgan fingerprint density at radius 2 is 2.05 bits per heavy atom. The molecule has 11 heteroatoms. The van der Waals surface area contributed by atoms with Crippen LogP contribution >= 0.6 is 11.6 Å². The molecular formula is C28H31ClFN5O4. The number of nitrogens with zero attached hydrogens (tertiary/aromatic N) is 3. The van der Waals surface area contributed by atoms with Gasteiger partial charge in [0.05, 0.1) is 35.5 Å². The Morgan fingerprint density at radius 3 is 2.85 bits per heavy atom. The maximum absolute atomic E-state index is 13.6. The zero-order valence-electron chi connectivity index (χ0n) is 21.5. The fraction of sp³-hybridized carbons (Fsp3) is 0.393. The zero-order valence-corrected chi connectivity index (χ0v) is 22.3. The van der Waals surface area contributed by atoms with E-state index in [9.17, 15) is 9.18 Å². The number of aromatic nitrogens is 2. The first-order valence-electron chi connectivity index (χ1n) is 13.1. The van der Waals surface area contributed by atoms with Gasteiger partial charge in [-0.15, -0.1) is 0 Å². The average Bonchev–Trinajstić information content (AvgIpc) is 2.95. The van der Waals surface area contributed by atoms with E-state index in [0.29, 0.717) is 60.2 Å². The van der Waals surface area contributed by atoms with Crippen molar-refractivity contribution in [3.63, 3.8) is 0 Å². The van der Waals surface area contributed by atoms with Crippen LogP contribution in [0.3, 0.4) is 0 Å². The molecule has 1 unspecified atom stereocenters. The highest BCUT2D eigenvalue weighted by molar-refractivity contribution is 6.31. The molecule has 3 aromatic rings. The van der Waals surface area contributed by atoms with E-state index in [1.165, 1.54) is 24.5 Å². The Morgan fingerprint density at radius 1 is 1.18 bits per heavy atom. The molecule has 1 aromatic heterocycles. The topological polar surface area (TPSA) is 97.8 Å². The second kappa shape index (κ2) is 13.2. The van der Waals surface area contributed by atoms with Crippen molar-refractivity contribution in [2.45, 2.75) is 25.4 Å². The van der Waals surface area contributed by atoms with Gasteiger partial charge >= 0.3 is 0 Å². The first-order valence-corrected chi connectivity index (χ1v) is 13.5. The monoisotopic (exact) mass is 555 g/mol. The smallest absolute Gasteiger partial charge is 0.248 e. The summed E-state index contributed by atoms with van der Waals surface area (Å²) in [6, 6.07) is 7.87. The Hall–Kier alpha value is -3.31. The van der Waals surface area contributed by atoms with Crippen molar-refractivity contribution >= 4 is 45.6 Å². The van der Waals surface area contributed by atoms with Crippen molar-refractivity contribution in [1.82, 2.24) is 14.9 Å². The number of anilines is 3. The predicted octanol–water partition coefficient (Wildman–Crippen LogP) is 4.94. The molecule has 206 valence electrons. The van der Waals surface area contributed by atoms with E-state index in [2.05, 4.69) is 25.5 Å². The van der Waals surface area contributed by atoms with E-state index in [-0.39, 0.29) is 17.0 Å². The summed E-state index contributed by atoms with van der Waals surface area (Å²) in [5, 5.41) is 6.75. The molecule has 1 atom stereocenters. The van der Waals surface area contributed by atoms with Crippen LogP contribution in [0.4, 0.5) is 21.6 Å². The molecule has 0 aliphatic carbocycles. The Balaban J connectivity index is 1.38. The Kier molecular flexibility index (Phi) is 9.20. The fourth-order valence-corrected chi connectivity index (χ4v) is 4.68. The van der Waals surface area contributed by atoms with Crippen LogP contribution in [0.2, 0.25) is 5.02 Å². The molecule has 9 nitrogen and oxygen atoms in total. The molecule has 0 bridgehead atoms. The molecule has 2 aliphatic rings. The molecule has 0 radical (unpaired) electrons. The van der Waals surface area contributed by atoms with Crippen LogP contribution in [0, 0.1) is 5.82 Å². The van der Waals surface area contributed by atoms with Gasteiger partial charge in [-0.25, -0.2) is 14.4 Å². The van der Waals surface area contributed by atoms with Gasteiger partial charge in [0.2, 0.25) is 5.91 Å². The van der Waals surface area contributed by atoms with Crippen molar-refractivity contribution in [1.29, 1.82) is 0 Å². The third kappa shape index (κ3) is 7.42. The number of hydrogen-bond acceptors (Lipinski definition) is 8. The quantitative estimate of drug-likeness (QED) is 0.358. The van der Waals surface area contributed by atoms with Crippen LogP contribution in [-0.2, 0) is 14.3 Å². The molecule has 39 heavy (non-hydrogen) atoms. The molecular weight excluding hydrogens is 525 g/mol. The van der Waals surface area contributed by atoms with E-state index in [4.69, 9.17) is 25.8 Å². The standard InChI is InChI=1S/C28H31ClFN5O4/c29-22-14-19(6-7-23(22)30)33-28-21-15-25(34-27(36)5-3-8-35-9-12-37-13-10-35)26(16-24(21)31-18-32-28)39-17-20-4-1-2-11-38-20/h3,5-7,14-16,18,20H,1-2,4,8-13,17H2,(H,34,36)(H,31,32,33). The second-order valence-electron chi connectivity index (χ2n) is 9.45. The van der Waals surface area contributed by atoms with Crippen molar-refractivity contribution < 1.29 is 23.4 Å². The van der Waals surface area contributed by atoms with Gasteiger partial charge in [-0.3, -0.25) is 9.69 Å². The van der Waals surface area contributed by atoms with Gasteiger partial charge < -0.3 is 24.8 Å². The van der Waals surface area contributed by atoms with E-state index in [1.54, 1.807) is 18.2 Å². The lowest BCUT2D eigenvalue weighted by Crippen LogP contribution is -2.36. The molecule has 2 saturated heterocycles. The Labute approximate surface area is 231 Å². The third-order valence-electron chi connectivity index (χ3n) is 6.61. The summed E-state index contributed by atoms with van der Waals surface area (Å²) in [5.41, 5.74) is 1.66. The number of amides is 1. The highest BCUT2D eigenvalue weighted by atomic mass is 35.5. The van der Waals surface area contributed by atoms with Crippen molar-refractivity contribution in [3.05, 3.63) is 59.7 Å². The first-order chi connectivity index (χ1) is 19.0. The minimum Gasteiger partial charge on any atom is -0.489 e. The molecule has 2 fully saturated rings. The molecule has 2 N–H and O–H groups in total. The van der Waals surface area contributed by atoms with Crippen molar-refractivity contribution in [2.24, 2.45) is 0 Å². The number of morpholine rings is 1. The summed E-state index contributed by atoms with van der Waals surface area (Å²) in [6.45, 7) is 4.83. The predicted molar refractivity (Wildman–Crippen MR) is 148 cm³/mol. The molecule has 5 rings (SSSR count). The van der Waals surface area contributed by atoms with Gasteiger partial charge in [0.25, 0.3) is 0 Å². The fourth-order valence-electron chi connectivity index (χ4n) is 4.50. The van der Waals surface area contributed by atoms with Crippen LogP contribution in [0.15, 0.2) is 48.8 Å². The lowest BCUT2D eigenvalue weighted by Gasteiger charge is -2.25. The van der Waals surface area contributed by atoms with E-state index in [0.717, 1.165) is 39.0 Å². The van der Waals surface area contributed by atoms with Gasteiger partial charge in [-0.1, -0.05) is 17.7 Å². The normalized spacial score (nSPS) is 18.4. The highest BCUT2D eigenvalue weighted by Gasteiger charge is 2.18. The van der Waals surface area contributed by atoms with Gasteiger partial charge in [0, 0.05) is 49.5 Å². The van der Waals surface area contributed by atoms with Crippen LogP contribution in [0.5, 0.6) is 5.75 Å². The second-order valence-corrected chi connectivity index (χ2v) is 9.85. The van der Waals surface area contributed by atoms with Crippen LogP contribution < -0.4 is 15.4 Å². The zero-order chi connectivity index (χ0) is 27.0. The highest BCUT2D eigenvalue weighted by Crippen LogP contribution is 2.34. The van der Waals surface area contributed by atoms with E-state index >= 15 is 0 Å². The average molecular weight is 556 g/mol. The summed E-state index contributed by atoms with van der Waals surface area (Å²) in [4.78, 5) is 23.9. The minimum absolute atomic E-state index is 0.00253. The molecule has 2 aromatic carbocycles. The number of halogens is 2. The van der Waals surface area contributed by atoms with Crippen LogP contribution in [0.1, 0.15) is 19.3 Å². The minimum atomic E-state index is -0.509. The third-order valence-corrected chi connectivity index (χ3v) is 6.90. The molecule has 2 aliphatic heterocycles. The summed E-state index contributed by atoms with van der Waals surface area (Å²) in [6.07, 6.45) is 7.86. The molecule has 0 saturated carbocycles. The van der Waals surface area contributed by atoms with Crippen molar-refractivity contribution in [3.8, 4) is 5.75 Å². The number of carbonyl (C=O) groups is 1. The number of benzene rings is 2. The number of fused-ring (bicyclic) bond motifs is 1. The number of hydrogen-bond donors (Lipinski definition) is 2. The molecule has 1 amide bonds. The number of rotatable bonds is 9. The van der Waals surface area contributed by atoms with Gasteiger partial charge in [-0.2, -0.15) is 0 Å². The maximum Gasteiger partial charge on any atom is 0.248 e. The van der Waals surface area contributed by atoms with Gasteiger partial charge in [0.15, 0.2) is 0 Å². The maximum atomic E-state index is 13.6. The van der Waals surface area contributed by atoms with Crippen molar-refractivity contribution in [2.75, 3.05) is 56.7 Å². The van der Waals surface area contributed by atoms with Gasteiger partial charge in [0.1, 0.15) is 30.3 Å². The van der Waals surface area contributed by atoms with E-state index in [1.807, 2.05) is 6.08 Å². The van der Waals surface area contributed by atoms with Crippen LogP contribution in [-0.4, -0.2) is 72.9 Å². The van der Waals surface area contributed by atoms with E-state index < -0.39 is 5.82 Å². The summed E-state index contributed by atoms with van der Waals surface area (Å²) in [5.74, 6) is 0.174. The molecule has 3 heterocycles. The van der Waals surface area contributed by atoms with Crippen LogP contribution in [0.25, 0.3) is 10.9 Å². The number of ether oxygens (including phenoxy) is 3. The summed E-state index contributed by atoms with van der Waals surface area (Å²) < 4.78 is 31.0. The number of carbonyl (C=O) groups excluding carboxylic acids is 1. The largest absolute Gasteiger partial charge is 0.489 e.